The second-order valence-electron chi connectivity index (χ2n) is 12.4. The molecule has 3 aromatic carbocycles. The van der Waals surface area contributed by atoms with E-state index in [0.29, 0.717) is 48.4 Å². The van der Waals surface area contributed by atoms with E-state index in [1.165, 1.54) is 5.39 Å². The molecule has 1 heterocycles. The first-order chi connectivity index (χ1) is 20.5. The van der Waals surface area contributed by atoms with Crippen LogP contribution in [-0.2, 0) is 17.6 Å². The van der Waals surface area contributed by atoms with Gasteiger partial charge in [-0.15, -0.1) is 0 Å². The van der Waals surface area contributed by atoms with Crippen LogP contribution in [0, 0.1) is 11.3 Å². The highest BCUT2D eigenvalue weighted by Gasteiger charge is 2.37. The third kappa shape index (κ3) is 9.32. The molecule has 0 radical (unpaired) electrons. The molecule has 1 amide bonds. The minimum absolute atomic E-state index is 0.0616. The molecule has 0 unspecified atom stereocenters. The molecular weight excluding hydrogens is 579 g/mol. The van der Waals surface area contributed by atoms with E-state index in [-0.39, 0.29) is 30.0 Å². The van der Waals surface area contributed by atoms with Crippen molar-refractivity contribution in [3.05, 3.63) is 81.8 Å². The first kappa shape index (κ1) is 33.1. The number of nitrogens with two attached hydrogens (primary N) is 2. The third-order valence-corrected chi connectivity index (χ3v) is 9.04. The number of guanidine groups is 1. The Morgan fingerprint density at radius 1 is 1.05 bits per heavy atom. The molecule has 43 heavy (non-hydrogen) atoms. The second-order valence-corrected chi connectivity index (χ2v) is 13.3. The smallest absolute Gasteiger partial charge is 0.227 e. The van der Waals surface area contributed by atoms with Crippen LogP contribution in [0.1, 0.15) is 44.2 Å². The molecule has 0 aliphatic carbocycles. The summed E-state index contributed by atoms with van der Waals surface area (Å²) in [6.45, 7) is 7.25. The SMILES string of the molecule is CC(C)C[C@@H]1CN(C[C@@H](N)Cc2ccc(Cl)cc2Cl)[C@@H](CCCN(C)C(=N)N)CN1C(=O)Cc1ccc2ccccc2c1. The average Bonchev–Trinajstić information content (AvgIpc) is 2.95. The number of nitrogens with one attached hydrogen (secondary N) is 1. The zero-order chi connectivity index (χ0) is 31.1. The summed E-state index contributed by atoms with van der Waals surface area (Å²) < 4.78 is 0. The van der Waals surface area contributed by atoms with E-state index >= 15 is 0 Å². The number of carbonyl (C=O) groups is 1. The number of hydrogen-bond donors (Lipinski definition) is 3. The molecule has 1 aliphatic rings. The van der Waals surface area contributed by atoms with Gasteiger partial charge in [-0.25, -0.2) is 0 Å². The summed E-state index contributed by atoms with van der Waals surface area (Å²) in [5.41, 5.74) is 14.5. The predicted molar refractivity (Wildman–Crippen MR) is 180 cm³/mol. The van der Waals surface area contributed by atoms with E-state index in [2.05, 4.69) is 54.0 Å². The molecule has 3 atom stereocenters. The molecule has 232 valence electrons. The Morgan fingerprint density at radius 3 is 2.49 bits per heavy atom. The van der Waals surface area contributed by atoms with E-state index in [4.69, 9.17) is 40.1 Å². The molecule has 3 aromatic rings. The Labute approximate surface area is 266 Å². The maximum absolute atomic E-state index is 14.0. The third-order valence-electron chi connectivity index (χ3n) is 8.45. The number of piperazine rings is 1. The van der Waals surface area contributed by atoms with Crippen LogP contribution < -0.4 is 11.5 Å². The van der Waals surface area contributed by atoms with Crippen LogP contribution in [0.25, 0.3) is 10.8 Å². The van der Waals surface area contributed by atoms with E-state index in [9.17, 15) is 4.79 Å². The van der Waals surface area contributed by atoms with Gasteiger partial charge in [0.2, 0.25) is 5.91 Å². The molecule has 1 fully saturated rings. The van der Waals surface area contributed by atoms with Gasteiger partial charge < -0.3 is 21.3 Å². The fourth-order valence-electron chi connectivity index (χ4n) is 6.20. The lowest BCUT2D eigenvalue weighted by molar-refractivity contribution is -0.138. The van der Waals surface area contributed by atoms with Gasteiger partial charge in [0.15, 0.2) is 5.96 Å². The molecule has 1 saturated heterocycles. The quantitative estimate of drug-likeness (QED) is 0.175. The van der Waals surface area contributed by atoms with Crippen molar-refractivity contribution < 1.29 is 4.79 Å². The Balaban J connectivity index is 1.52. The van der Waals surface area contributed by atoms with E-state index in [1.54, 1.807) is 11.0 Å². The highest BCUT2D eigenvalue weighted by molar-refractivity contribution is 6.35. The van der Waals surface area contributed by atoms with Crippen LogP contribution in [0.4, 0.5) is 0 Å². The lowest BCUT2D eigenvalue weighted by atomic mass is 9.94. The molecule has 0 aromatic heterocycles. The van der Waals surface area contributed by atoms with Crippen molar-refractivity contribution in [3.8, 4) is 0 Å². The van der Waals surface area contributed by atoms with Crippen LogP contribution in [0.15, 0.2) is 60.7 Å². The maximum Gasteiger partial charge on any atom is 0.227 e. The molecule has 4 rings (SSSR count). The van der Waals surface area contributed by atoms with Crippen LogP contribution in [-0.4, -0.2) is 77.9 Å². The van der Waals surface area contributed by atoms with Gasteiger partial charge >= 0.3 is 0 Å². The number of hydrogen-bond acceptors (Lipinski definition) is 4. The van der Waals surface area contributed by atoms with Gasteiger partial charge in [0.05, 0.1) is 6.42 Å². The van der Waals surface area contributed by atoms with E-state index < -0.39 is 0 Å². The second kappa shape index (κ2) is 15.2. The van der Waals surface area contributed by atoms with Crippen molar-refractivity contribution in [2.45, 2.75) is 64.1 Å². The zero-order valence-electron chi connectivity index (χ0n) is 25.6. The van der Waals surface area contributed by atoms with Crippen LogP contribution in [0.5, 0.6) is 0 Å². The van der Waals surface area contributed by atoms with Crippen molar-refractivity contribution >= 4 is 45.8 Å². The Kier molecular flexibility index (Phi) is 11.7. The van der Waals surface area contributed by atoms with Gasteiger partial charge in [0.1, 0.15) is 0 Å². The standard InChI is InChI=1S/C34H46Cl2N6O/c1-23(2)15-31-21-41(20-29(37)18-27-12-13-28(35)19-32(27)36)30(9-6-14-40(3)34(38)39)22-42(31)33(43)17-24-10-11-25-7-4-5-8-26(25)16-24/h4-5,7-8,10-13,16,19,23,29-31H,6,9,14-15,17-18,20-22,37H2,1-3H3,(H3,38,39)/t29-,30-,31+/m0/s1. The molecule has 0 spiro atoms. The molecule has 0 saturated carbocycles. The molecule has 7 nitrogen and oxygen atoms in total. The number of amides is 1. The van der Waals surface area contributed by atoms with Crippen molar-refractivity contribution in [3.63, 3.8) is 0 Å². The van der Waals surface area contributed by atoms with Gasteiger partial charge in [-0.1, -0.05) is 85.6 Å². The predicted octanol–water partition coefficient (Wildman–Crippen LogP) is 5.79. The minimum Gasteiger partial charge on any atom is -0.370 e. The number of fused-ring (bicyclic) bond motifs is 1. The highest BCUT2D eigenvalue weighted by atomic mass is 35.5. The number of nitrogens with zero attached hydrogens (tertiary/aromatic N) is 3. The number of carbonyl (C=O) groups excluding carboxylic acids is 1. The van der Waals surface area contributed by atoms with Crippen LogP contribution in [0.2, 0.25) is 10.0 Å². The zero-order valence-corrected chi connectivity index (χ0v) is 27.1. The molecule has 5 N–H and O–H groups in total. The van der Waals surface area contributed by atoms with Gasteiger partial charge in [0, 0.05) is 61.4 Å². The fraction of sp³-hybridized carbons (Fsp3) is 0.471. The average molecular weight is 626 g/mol. The van der Waals surface area contributed by atoms with E-state index in [1.807, 2.05) is 31.3 Å². The lowest BCUT2D eigenvalue weighted by Crippen LogP contribution is -2.62. The van der Waals surface area contributed by atoms with Gasteiger partial charge in [-0.05, 0) is 65.6 Å². The highest BCUT2D eigenvalue weighted by Crippen LogP contribution is 2.27. The Bertz CT molecular complexity index is 1400. The van der Waals surface area contributed by atoms with Crippen molar-refractivity contribution in [2.75, 3.05) is 33.2 Å². The lowest BCUT2D eigenvalue weighted by Gasteiger charge is -2.48. The summed E-state index contributed by atoms with van der Waals surface area (Å²) in [6, 6.07) is 20.3. The number of halogens is 2. The molecule has 1 aliphatic heterocycles. The van der Waals surface area contributed by atoms with Crippen molar-refractivity contribution in [1.29, 1.82) is 5.41 Å². The van der Waals surface area contributed by atoms with Crippen LogP contribution >= 0.6 is 23.2 Å². The largest absolute Gasteiger partial charge is 0.370 e. The first-order valence-electron chi connectivity index (χ1n) is 15.3. The summed E-state index contributed by atoms with van der Waals surface area (Å²) in [7, 11) is 1.84. The van der Waals surface area contributed by atoms with E-state index in [0.717, 1.165) is 42.3 Å². The summed E-state index contributed by atoms with van der Waals surface area (Å²) in [4.78, 5) is 20.3. The number of benzene rings is 3. The van der Waals surface area contributed by atoms with Crippen molar-refractivity contribution in [1.82, 2.24) is 14.7 Å². The maximum atomic E-state index is 14.0. The number of rotatable bonds is 12. The van der Waals surface area contributed by atoms with Crippen molar-refractivity contribution in [2.24, 2.45) is 17.4 Å². The Hall–Kier alpha value is -2.84. The van der Waals surface area contributed by atoms with Crippen LogP contribution in [0.3, 0.4) is 0 Å². The summed E-state index contributed by atoms with van der Waals surface area (Å²) in [5, 5.41) is 11.3. The van der Waals surface area contributed by atoms with Gasteiger partial charge in [-0.2, -0.15) is 0 Å². The summed E-state index contributed by atoms with van der Waals surface area (Å²) >= 11 is 12.6. The minimum atomic E-state index is -0.124. The summed E-state index contributed by atoms with van der Waals surface area (Å²) in [6.07, 6.45) is 3.69. The molecule has 0 bridgehead atoms. The normalized spacial score (nSPS) is 18.3. The summed E-state index contributed by atoms with van der Waals surface area (Å²) in [5.74, 6) is 0.681. The Morgan fingerprint density at radius 2 is 1.79 bits per heavy atom. The molecule has 9 heteroatoms. The fourth-order valence-corrected chi connectivity index (χ4v) is 6.69. The topological polar surface area (TPSA) is 103 Å². The van der Waals surface area contributed by atoms with Gasteiger partial charge in [-0.3, -0.25) is 15.1 Å². The van der Waals surface area contributed by atoms with Gasteiger partial charge in [0.25, 0.3) is 0 Å². The monoisotopic (exact) mass is 624 g/mol. The first-order valence-corrected chi connectivity index (χ1v) is 16.0. The molecular formula is C34H46Cl2N6O.